The number of carbonyl (C=O) groups is 13. The predicted octanol–water partition coefficient (Wildman–Crippen LogP) is -0.0364. The molecule has 34 heteroatoms. The summed E-state index contributed by atoms with van der Waals surface area (Å²) in [5, 5.41) is 56.6. The number of carbonyl (C=O) groups excluding carboxylic acids is 10. The van der Waals surface area contributed by atoms with Crippen LogP contribution in [0.25, 0.3) is 10.9 Å². The topological polar surface area (TPSA) is 470 Å². The van der Waals surface area contributed by atoms with Gasteiger partial charge in [-0.2, -0.15) is 0 Å². The van der Waals surface area contributed by atoms with Crippen LogP contribution in [0, 0.1) is 17.8 Å². The molecule has 1 aliphatic heterocycles. The lowest BCUT2D eigenvalue weighted by Gasteiger charge is -2.32. The summed E-state index contributed by atoms with van der Waals surface area (Å²) in [7, 11) is 0. The van der Waals surface area contributed by atoms with Crippen LogP contribution in [0.3, 0.4) is 0 Å². The van der Waals surface area contributed by atoms with Crippen molar-refractivity contribution in [2.75, 3.05) is 104 Å². The van der Waals surface area contributed by atoms with Gasteiger partial charge in [0.05, 0.1) is 39.1 Å². The summed E-state index contributed by atoms with van der Waals surface area (Å²) in [4.78, 5) is 189. The number of carboxylic acids is 3. The van der Waals surface area contributed by atoms with E-state index >= 15 is 0 Å². The fourth-order valence-corrected chi connectivity index (χ4v) is 12.3. The monoisotopic (exact) mass is 1520 g/mol. The van der Waals surface area contributed by atoms with Crippen molar-refractivity contribution in [1.29, 1.82) is 0 Å². The van der Waals surface area contributed by atoms with Gasteiger partial charge in [-0.25, -0.2) is 4.98 Å². The Balaban J connectivity index is 1.01. The van der Waals surface area contributed by atoms with Crippen LogP contribution in [-0.2, 0) is 92.9 Å². The minimum absolute atomic E-state index is 0.0413. The fraction of sp³-hybridized carbons (Fsp3) is 0.520. The summed E-state index contributed by atoms with van der Waals surface area (Å²) in [6.45, 7) is 13.6. The van der Waals surface area contributed by atoms with E-state index in [0.717, 1.165) is 23.7 Å². The van der Waals surface area contributed by atoms with E-state index in [1.54, 1.807) is 107 Å². The molecule has 15 N–H and O–H groups in total. The van der Waals surface area contributed by atoms with Crippen molar-refractivity contribution in [3.05, 3.63) is 120 Å². The highest BCUT2D eigenvalue weighted by atomic mass is 16.5. The Bertz CT molecular complexity index is 3800. The molecule has 5 aromatic rings. The van der Waals surface area contributed by atoms with Crippen molar-refractivity contribution in [3.63, 3.8) is 0 Å². The molecule has 0 unspecified atom stereocenters. The van der Waals surface area contributed by atoms with E-state index in [2.05, 4.69) is 95.8 Å². The summed E-state index contributed by atoms with van der Waals surface area (Å²) in [5.41, 5.74) is 3.63. The van der Waals surface area contributed by atoms with Gasteiger partial charge in [0.15, 0.2) is 0 Å². The molecule has 3 heterocycles. The smallest absolute Gasteiger partial charge is 0.317 e. The Kier molecular flexibility index (Phi) is 35.7. The number of carboxylic acid groups (broad SMARTS) is 3. The van der Waals surface area contributed by atoms with Crippen molar-refractivity contribution in [2.45, 2.75) is 136 Å². The van der Waals surface area contributed by atoms with Gasteiger partial charge in [0.2, 0.25) is 59.1 Å². The first-order valence-electron chi connectivity index (χ1n) is 36.6. The van der Waals surface area contributed by atoms with Crippen LogP contribution in [0.4, 0.5) is 5.69 Å². The van der Waals surface area contributed by atoms with Gasteiger partial charge in [0.25, 0.3) is 0 Å². The quantitative estimate of drug-likeness (QED) is 0.0244. The van der Waals surface area contributed by atoms with Crippen LogP contribution in [0.5, 0.6) is 0 Å². The van der Waals surface area contributed by atoms with Crippen molar-refractivity contribution in [3.8, 4) is 0 Å². The second-order valence-electron chi connectivity index (χ2n) is 28.5. The normalized spacial score (nSPS) is 15.2. The second-order valence-corrected chi connectivity index (χ2v) is 28.5. The molecule has 34 nitrogen and oxygen atoms in total. The van der Waals surface area contributed by atoms with Crippen LogP contribution < -0.4 is 53.2 Å². The molecule has 10 amide bonds. The highest BCUT2D eigenvalue weighted by Gasteiger charge is 2.34. The highest BCUT2D eigenvalue weighted by Crippen LogP contribution is 2.21. The van der Waals surface area contributed by atoms with E-state index in [1.807, 2.05) is 18.2 Å². The average Bonchev–Trinajstić information content (AvgIpc) is 1.70. The average molecular weight is 1520 g/mol. The van der Waals surface area contributed by atoms with E-state index in [1.165, 1.54) is 20.2 Å². The first-order chi connectivity index (χ1) is 51.9. The van der Waals surface area contributed by atoms with Gasteiger partial charge in [0, 0.05) is 119 Å². The summed E-state index contributed by atoms with van der Waals surface area (Å²) in [6.07, 6.45) is 6.10. The predicted molar refractivity (Wildman–Crippen MR) is 402 cm³/mol. The number of nitrogens with zero attached hydrogens (tertiary/aromatic N) is 5. The molecule has 0 saturated carbocycles. The maximum Gasteiger partial charge on any atom is 0.317 e. The van der Waals surface area contributed by atoms with Gasteiger partial charge in [0.1, 0.15) is 49.5 Å². The number of para-hydroxylation sites is 1. The first kappa shape index (κ1) is 87.2. The van der Waals surface area contributed by atoms with E-state index < -0.39 is 133 Å². The molecule has 0 bridgehead atoms. The molecule has 1 fully saturated rings. The second kappa shape index (κ2) is 44.6. The number of hydrogen-bond donors (Lipinski definition) is 15. The Morgan fingerprint density at radius 2 is 0.963 bits per heavy atom. The number of H-pyrrole nitrogens is 2. The number of imidazole rings is 1. The summed E-state index contributed by atoms with van der Waals surface area (Å²) in [6, 6.07) is 14.9. The number of aromatic amines is 2. The van der Waals surface area contributed by atoms with Gasteiger partial charge in [-0.15, -0.1) is 0 Å². The first-order valence-corrected chi connectivity index (χ1v) is 36.6. The number of hydrogen-bond acceptors (Lipinski definition) is 19. The van der Waals surface area contributed by atoms with E-state index in [-0.39, 0.29) is 116 Å². The maximum atomic E-state index is 14.4. The van der Waals surface area contributed by atoms with Crippen LogP contribution in [0.2, 0.25) is 0 Å². The molecule has 594 valence electrons. The number of anilines is 1. The van der Waals surface area contributed by atoms with Crippen molar-refractivity contribution in [1.82, 2.24) is 82.4 Å². The molecular weight excluding hydrogens is 1410 g/mol. The minimum atomic E-state index is -1.36. The minimum Gasteiger partial charge on any atom is -0.480 e. The molecule has 0 aliphatic carbocycles. The molecule has 6 atom stereocenters. The lowest BCUT2D eigenvalue weighted by Crippen LogP contribution is -2.59. The zero-order valence-corrected chi connectivity index (χ0v) is 63.2. The van der Waals surface area contributed by atoms with Gasteiger partial charge in [-0.1, -0.05) is 102 Å². The molecule has 109 heavy (non-hydrogen) atoms. The number of nitrogens with one attached hydrogen (secondary N) is 12. The summed E-state index contributed by atoms with van der Waals surface area (Å²) >= 11 is 0. The SMILES string of the molecule is CC(C)CC(CC(C)C)NC(=O)[C@H](Cc1cnc[nH]1)NC(=O)CNC(=O)[C@@H](NC(=O)[C@H](C)NC(=O)[C@H](Cc1c[nH]c2ccccc12)NC(=O)[C@H](C)NC(=O)[C@@H](Cc1ccccc1)NC(=O)COCC(=O)Nc1ccc(CNC(=O)CN2CCN(CC(=O)O)CCN(CC(=O)O)CCN(CC(=O)O)CC2)cc1)C(C)C. The third kappa shape index (κ3) is 32.0. The molecule has 6 rings (SSSR count). The van der Waals surface area contributed by atoms with E-state index in [0.29, 0.717) is 39.9 Å². The van der Waals surface area contributed by atoms with Crippen LogP contribution in [0.15, 0.2) is 97.6 Å². The standard InChI is InChI=1S/C75H107N17O17/c1-46(2)30-55(31-47(3)4)84-74(107)61(34-56-37-76-45-80-56)85-62(93)38-79-75(108)69(48(5)6)88-71(104)50(8)82-73(106)60(33-53-36-77-58-17-13-12-16-57(53)58)87-70(103)49(7)81-72(105)59(32-51-14-10-9-11-15-51)86-65(96)44-109-43-64(95)83-54-20-18-52(19-21-54)35-78-63(94)39-89-22-24-90(40-66(97)98)26-28-92(42-68(101)102)29-27-91(25-23-89)41-67(99)100/h9-21,36-37,45-50,55,59-61,69,77H,22-35,38-44H2,1-8H3,(H,76,80)(H,78,94)(H,79,108)(H,81,105)(H,82,106)(H,83,95)(H,84,107)(H,85,93)(H,86,96)(H,87,103)(H,88,104)(H,97,98)(H,99,100)(H,101,102)/t49-,50-,59+,60-,61-,69-/m0/s1. The maximum absolute atomic E-state index is 14.4. The van der Waals surface area contributed by atoms with Crippen molar-refractivity contribution in [2.24, 2.45) is 17.8 Å². The van der Waals surface area contributed by atoms with Gasteiger partial charge in [-0.05, 0) is 79.3 Å². The Morgan fingerprint density at radius 3 is 1.50 bits per heavy atom. The number of ether oxygens (including phenoxy) is 1. The zero-order chi connectivity index (χ0) is 79.7. The number of aliphatic carboxylic acids is 3. The lowest BCUT2D eigenvalue weighted by atomic mass is 9.95. The third-order valence-electron chi connectivity index (χ3n) is 17.9. The number of amides is 10. The summed E-state index contributed by atoms with van der Waals surface area (Å²) < 4.78 is 5.46. The molecule has 3 aromatic carbocycles. The largest absolute Gasteiger partial charge is 0.480 e. The zero-order valence-electron chi connectivity index (χ0n) is 63.2. The summed E-state index contributed by atoms with van der Waals surface area (Å²) in [5.74, 6) is -9.85. The third-order valence-corrected chi connectivity index (χ3v) is 17.9. The number of aromatic nitrogens is 3. The van der Waals surface area contributed by atoms with E-state index in [4.69, 9.17) is 4.74 Å². The van der Waals surface area contributed by atoms with Crippen LogP contribution in [0.1, 0.15) is 90.6 Å². The number of benzene rings is 3. The van der Waals surface area contributed by atoms with E-state index in [9.17, 15) is 77.6 Å². The highest BCUT2D eigenvalue weighted by molar-refractivity contribution is 5.98. The van der Waals surface area contributed by atoms with Gasteiger partial charge in [-0.3, -0.25) is 81.9 Å². The van der Waals surface area contributed by atoms with Crippen molar-refractivity contribution >= 4 is 93.6 Å². The fourth-order valence-electron chi connectivity index (χ4n) is 12.3. The molecule has 0 spiro atoms. The molecule has 1 saturated heterocycles. The van der Waals surface area contributed by atoms with Gasteiger partial charge < -0.3 is 83.2 Å². The molecule has 0 radical (unpaired) electrons. The van der Waals surface area contributed by atoms with Crippen LogP contribution >= 0.6 is 0 Å². The number of fused-ring (bicyclic) bond motifs is 1. The van der Waals surface area contributed by atoms with Crippen molar-refractivity contribution < 1.29 is 82.4 Å². The van der Waals surface area contributed by atoms with Crippen LogP contribution in [-0.4, -0.2) is 267 Å². The molecule has 1 aliphatic rings. The van der Waals surface area contributed by atoms with Gasteiger partial charge >= 0.3 is 17.9 Å². The Labute approximate surface area is 633 Å². The Hall–Kier alpha value is -10.7. The molecule has 2 aromatic heterocycles. The lowest BCUT2D eigenvalue weighted by molar-refractivity contribution is -0.140. The Morgan fingerprint density at radius 1 is 0.468 bits per heavy atom. The molecular formula is C75H107N17O17. The number of rotatable bonds is 41.